The highest BCUT2D eigenvalue weighted by Gasteiger charge is 2.47. The number of fused-ring (bicyclic) bond motifs is 1. The lowest BCUT2D eigenvalue weighted by atomic mass is 9.65. The van der Waals surface area contributed by atoms with Crippen molar-refractivity contribution in [3.8, 4) is 0 Å². The van der Waals surface area contributed by atoms with Crippen LogP contribution in [0.15, 0.2) is 0 Å². The van der Waals surface area contributed by atoms with Crippen LogP contribution in [0.2, 0.25) is 0 Å². The summed E-state index contributed by atoms with van der Waals surface area (Å²) in [4.78, 5) is 15.6. The number of piperidine rings is 2. The smallest absolute Gasteiger partial charge is 0.226 e. The number of hydrogen-bond donors (Lipinski definition) is 4. The molecule has 0 spiro atoms. The van der Waals surface area contributed by atoms with Gasteiger partial charge in [-0.1, -0.05) is 25.7 Å². The number of carbonyl (C=O) groups is 1. The van der Waals surface area contributed by atoms with Crippen LogP contribution in [-0.4, -0.2) is 59.5 Å². The van der Waals surface area contributed by atoms with E-state index in [9.17, 15) is 15.0 Å². The normalized spacial score (nSPS) is 39.4. The molecule has 29 heavy (non-hydrogen) atoms. The van der Waals surface area contributed by atoms with E-state index in [1.54, 1.807) is 0 Å². The zero-order valence-corrected chi connectivity index (χ0v) is 17.8. The fourth-order valence-electron chi connectivity index (χ4n) is 7.16. The summed E-state index contributed by atoms with van der Waals surface area (Å²) in [7, 11) is 0. The highest BCUT2D eigenvalue weighted by Crippen LogP contribution is 2.43. The van der Waals surface area contributed by atoms with E-state index < -0.39 is 6.29 Å². The first-order valence-electron chi connectivity index (χ1n) is 12.2. The molecule has 6 heteroatoms. The molecule has 2 saturated heterocycles. The van der Waals surface area contributed by atoms with Gasteiger partial charge < -0.3 is 26.2 Å². The monoisotopic (exact) mass is 407 g/mol. The highest BCUT2D eigenvalue weighted by molar-refractivity contribution is 5.79. The van der Waals surface area contributed by atoms with Gasteiger partial charge in [0.2, 0.25) is 5.91 Å². The molecule has 2 aliphatic carbocycles. The van der Waals surface area contributed by atoms with E-state index >= 15 is 0 Å². The van der Waals surface area contributed by atoms with Gasteiger partial charge in [0.05, 0.1) is 6.04 Å². The summed E-state index contributed by atoms with van der Waals surface area (Å²) in [6, 6.07) is -0.365. The molecule has 4 aliphatic rings. The number of rotatable bonds is 4. The van der Waals surface area contributed by atoms with Crippen molar-refractivity contribution in [2.24, 2.45) is 41.2 Å². The topological polar surface area (TPSA) is 98.8 Å². The average molecular weight is 408 g/mol. The third kappa shape index (κ3) is 4.65. The first-order chi connectivity index (χ1) is 14.1. The second-order valence-corrected chi connectivity index (χ2v) is 10.2. The van der Waals surface area contributed by atoms with E-state index in [0.717, 1.165) is 76.5 Å². The van der Waals surface area contributed by atoms with E-state index in [2.05, 4.69) is 10.2 Å². The van der Waals surface area contributed by atoms with E-state index in [0.29, 0.717) is 11.8 Å². The van der Waals surface area contributed by atoms with Crippen LogP contribution < -0.4 is 11.1 Å². The van der Waals surface area contributed by atoms with Crippen molar-refractivity contribution in [3.05, 3.63) is 0 Å². The molecule has 2 heterocycles. The number of carbonyl (C=O) groups excluding carboxylic acids is 1. The quantitative estimate of drug-likeness (QED) is 0.532. The largest absolute Gasteiger partial charge is 0.367 e. The highest BCUT2D eigenvalue weighted by atomic mass is 16.5. The fraction of sp³-hybridized carbons (Fsp3) is 0.957. The molecule has 0 radical (unpaired) electrons. The summed E-state index contributed by atoms with van der Waals surface area (Å²) in [5.41, 5.74) is 5.93. The number of amides is 1. The van der Waals surface area contributed by atoms with Gasteiger partial charge in [-0.3, -0.25) is 4.79 Å². The maximum Gasteiger partial charge on any atom is 0.226 e. The van der Waals surface area contributed by atoms with Crippen LogP contribution >= 0.6 is 0 Å². The van der Waals surface area contributed by atoms with Crippen molar-refractivity contribution in [1.82, 2.24) is 10.2 Å². The van der Waals surface area contributed by atoms with Gasteiger partial charge in [-0.2, -0.15) is 0 Å². The van der Waals surface area contributed by atoms with Crippen LogP contribution in [0.5, 0.6) is 0 Å². The number of nitrogens with two attached hydrogens (primary N) is 1. The minimum Gasteiger partial charge on any atom is -0.367 e. The molecule has 0 aromatic heterocycles. The molecule has 166 valence electrons. The van der Waals surface area contributed by atoms with Crippen molar-refractivity contribution in [2.75, 3.05) is 26.2 Å². The summed E-state index contributed by atoms with van der Waals surface area (Å²) >= 11 is 0. The molecule has 2 saturated carbocycles. The second-order valence-electron chi connectivity index (χ2n) is 10.2. The van der Waals surface area contributed by atoms with E-state index in [-0.39, 0.29) is 23.8 Å². The Morgan fingerprint density at radius 2 is 1.69 bits per heavy atom. The van der Waals surface area contributed by atoms with E-state index in [1.807, 2.05) is 0 Å². The third-order valence-electron chi connectivity index (χ3n) is 8.72. The van der Waals surface area contributed by atoms with E-state index in [4.69, 9.17) is 5.73 Å². The summed E-state index contributed by atoms with van der Waals surface area (Å²) in [5.74, 6) is 2.97. The Hall–Kier alpha value is -0.690. The van der Waals surface area contributed by atoms with Crippen LogP contribution in [0, 0.1) is 35.5 Å². The third-order valence-corrected chi connectivity index (χ3v) is 8.72. The van der Waals surface area contributed by atoms with Gasteiger partial charge >= 0.3 is 0 Å². The Labute approximate surface area is 175 Å². The number of aliphatic hydroxyl groups excluding tert-OH is 1. The average Bonchev–Trinajstić information content (AvgIpc) is 2.77. The molecule has 6 unspecified atom stereocenters. The summed E-state index contributed by atoms with van der Waals surface area (Å²) < 4.78 is 0. The van der Waals surface area contributed by atoms with Gasteiger partial charge in [-0.15, -0.1) is 0 Å². The lowest BCUT2D eigenvalue weighted by Crippen LogP contribution is -2.58. The van der Waals surface area contributed by atoms with Crippen LogP contribution in [0.1, 0.15) is 64.2 Å². The maximum atomic E-state index is 13.5. The second kappa shape index (κ2) is 9.63. The molecule has 4 fully saturated rings. The number of hydrogen-bond acceptors (Lipinski definition) is 5. The summed E-state index contributed by atoms with van der Waals surface area (Å²) in [6.45, 7) is 3.40. The van der Waals surface area contributed by atoms with Crippen molar-refractivity contribution < 1.29 is 15.0 Å². The number of likely N-dealkylation sites (tertiary alicyclic amines) is 1. The van der Waals surface area contributed by atoms with Gasteiger partial charge in [0.15, 0.2) is 6.29 Å². The maximum absolute atomic E-state index is 13.5. The van der Waals surface area contributed by atoms with Gasteiger partial charge in [0, 0.05) is 19.0 Å². The van der Waals surface area contributed by atoms with Crippen LogP contribution in [0.3, 0.4) is 0 Å². The zero-order chi connectivity index (χ0) is 20.4. The minimum atomic E-state index is -1.39. The Bertz CT molecular complexity index is 547. The van der Waals surface area contributed by atoms with Crippen molar-refractivity contribution in [3.63, 3.8) is 0 Å². The van der Waals surface area contributed by atoms with Crippen LogP contribution in [0.4, 0.5) is 0 Å². The number of aliphatic hydroxyl groups is 2. The Morgan fingerprint density at radius 1 is 0.966 bits per heavy atom. The number of nitrogens with zero attached hydrogens (tertiary/aromatic N) is 1. The van der Waals surface area contributed by atoms with Gasteiger partial charge in [0.25, 0.3) is 0 Å². The minimum absolute atomic E-state index is 0.0544. The molecule has 0 aromatic rings. The van der Waals surface area contributed by atoms with Crippen LogP contribution in [-0.2, 0) is 4.79 Å². The Kier molecular flexibility index (Phi) is 7.15. The Balaban J connectivity index is 1.36. The molecule has 5 N–H and O–H groups in total. The summed E-state index contributed by atoms with van der Waals surface area (Å²) in [6.07, 6.45) is 10.2. The predicted octanol–water partition coefficient (Wildman–Crippen LogP) is 1.70. The standard InChI is InChI=1S/C23H41N3O3/c24-14-15-3-1-5-18(13-15)16-8-11-26(12-9-16)22(27)19-6-2-4-17-7-10-25-21(20(17)19)23(28)29/h15-21,23,25,28-29H,1-14,24H2. The van der Waals surface area contributed by atoms with Gasteiger partial charge in [-0.05, 0) is 81.2 Å². The lowest BCUT2D eigenvalue weighted by molar-refractivity contribution is -0.149. The molecule has 2 aliphatic heterocycles. The van der Waals surface area contributed by atoms with Gasteiger partial charge in [0.1, 0.15) is 0 Å². The first kappa shape index (κ1) is 21.5. The van der Waals surface area contributed by atoms with Crippen molar-refractivity contribution in [1.29, 1.82) is 0 Å². The molecular formula is C23H41N3O3. The molecule has 6 nitrogen and oxygen atoms in total. The molecule has 6 atom stereocenters. The molecular weight excluding hydrogens is 366 g/mol. The van der Waals surface area contributed by atoms with Gasteiger partial charge in [-0.25, -0.2) is 0 Å². The Morgan fingerprint density at radius 3 is 2.41 bits per heavy atom. The predicted molar refractivity (Wildman–Crippen MR) is 113 cm³/mol. The SMILES string of the molecule is NCC1CCCC(C2CCN(C(=O)C3CCCC4CCNC(C(O)O)C43)CC2)C1. The molecule has 4 rings (SSSR count). The van der Waals surface area contributed by atoms with E-state index in [1.165, 1.54) is 25.7 Å². The number of nitrogens with one attached hydrogen (secondary N) is 1. The summed E-state index contributed by atoms with van der Waals surface area (Å²) in [5, 5.41) is 23.1. The van der Waals surface area contributed by atoms with Crippen molar-refractivity contribution >= 4 is 5.91 Å². The van der Waals surface area contributed by atoms with Crippen molar-refractivity contribution in [2.45, 2.75) is 76.5 Å². The zero-order valence-electron chi connectivity index (χ0n) is 17.8. The molecule has 1 amide bonds. The molecule has 0 bridgehead atoms. The lowest BCUT2D eigenvalue weighted by Gasteiger charge is -2.48. The fourth-order valence-corrected chi connectivity index (χ4v) is 7.16. The first-order valence-corrected chi connectivity index (χ1v) is 12.2. The van der Waals surface area contributed by atoms with Crippen LogP contribution in [0.25, 0.3) is 0 Å². The molecule has 0 aromatic carbocycles.